The molecule has 1 amide bonds. The van der Waals surface area contributed by atoms with Gasteiger partial charge in [-0.25, -0.2) is 0 Å². The molecule has 0 spiro atoms. The predicted molar refractivity (Wildman–Crippen MR) is 71.7 cm³/mol. The monoisotopic (exact) mass is 234 g/mol. The van der Waals surface area contributed by atoms with Crippen molar-refractivity contribution in [3.63, 3.8) is 0 Å². The fraction of sp³-hybridized carbons (Fsp3) is 0.500. The predicted octanol–water partition coefficient (Wildman–Crippen LogP) is 3.08. The van der Waals surface area contributed by atoms with Crippen LogP contribution in [0.4, 0.5) is 5.69 Å². The minimum Gasteiger partial charge on any atom is -0.326 e. The molecular weight excluding hydrogens is 212 g/mol. The van der Waals surface area contributed by atoms with E-state index in [2.05, 4.69) is 19.2 Å². The Morgan fingerprint density at radius 2 is 1.82 bits per heavy atom. The van der Waals surface area contributed by atoms with Crippen molar-refractivity contribution < 1.29 is 4.79 Å². The van der Waals surface area contributed by atoms with Crippen LogP contribution in [0.25, 0.3) is 0 Å². The van der Waals surface area contributed by atoms with Crippen molar-refractivity contribution in [1.29, 1.82) is 0 Å². The number of hydrogen-bond acceptors (Lipinski definition) is 2. The summed E-state index contributed by atoms with van der Waals surface area (Å²) in [5.74, 6) is 0.626. The van der Waals surface area contributed by atoms with Crippen LogP contribution in [0, 0.1) is 5.92 Å². The number of carbonyl (C=O) groups excluding carboxylic acids is 1. The summed E-state index contributed by atoms with van der Waals surface area (Å²) in [5.41, 5.74) is 8.05. The summed E-state index contributed by atoms with van der Waals surface area (Å²) in [6, 6.07) is 7.84. The molecule has 0 aliphatic heterocycles. The topological polar surface area (TPSA) is 55.1 Å². The number of nitrogens with one attached hydrogen (secondary N) is 1. The molecule has 0 saturated carbocycles. The molecule has 1 aromatic carbocycles. The number of carbonyl (C=O) groups is 1. The van der Waals surface area contributed by atoms with Gasteiger partial charge in [-0.1, -0.05) is 26.0 Å². The smallest absolute Gasteiger partial charge is 0.221 e. The number of anilines is 1. The average molecular weight is 234 g/mol. The van der Waals surface area contributed by atoms with E-state index in [1.54, 1.807) is 0 Å². The first-order valence-corrected chi connectivity index (χ1v) is 6.12. The van der Waals surface area contributed by atoms with Crippen LogP contribution >= 0.6 is 0 Å². The van der Waals surface area contributed by atoms with Crippen molar-refractivity contribution in [1.82, 2.24) is 0 Å². The molecular formula is C14H22N2O. The van der Waals surface area contributed by atoms with Crippen molar-refractivity contribution in [3.05, 3.63) is 29.8 Å². The van der Waals surface area contributed by atoms with Crippen LogP contribution in [0.3, 0.4) is 0 Å². The second kappa shape index (κ2) is 6.40. The lowest BCUT2D eigenvalue weighted by Gasteiger charge is -2.14. The SMILES string of the molecule is CC(=O)Nc1ccc([C@H](N)CCC(C)C)cc1. The van der Waals surface area contributed by atoms with Crippen LogP contribution in [-0.4, -0.2) is 5.91 Å². The minimum absolute atomic E-state index is 0.0538. The van der Waals surface area contributed by atoms with E-state index < -0.39 is 0 Å². The van der Waals surface area contributed by atoms with Crippen molar-refractivity contribution in [3.8, 4) is 0 Å². The van der Waals surface area contributed by atoms with Gasteiger partial charge in [0.25, 0.3) is 0 Å². The number of amides is 1. The van der Waals surface area contributed by atoms with Gasteiger partial charge >= 0.3 is 0 Å². The van der Waals surface area contributed by atoms with E-state index in [4.69, 9.17) is 5.73 Å². The Hall–Kier alpha value is -1.35. The Morgan fingerprint density at radius 3 is 2.29 bits per heavy atom. The van der Waals surface area contributed by atoms with Gasteiger partial charge in [0.05, 0.1) is 0 Å². The first-order chi connectivity index (χ1) is 7.99. The van der Waals surface area contributed by atoms with Gasteiger partial charge in [-0.05, 0) is 36.5 Å². The van der Waals surface area contributed by atoms with E-state index in [-0.39, 0.29) is 11.9 Å². The number of benzene rings is 1. The lowest BCUT2D eigenvalue weighted by molar-refractivity contribution is -0.114. The maximum atomic E-state index is 10.9. The molecule has 1 aromatic rings. The van der Waals surface area contributed by atoms with Gasteiger partial charge in [0.2, 0.25) is 5.91 Å². The van der Waals surface area contributed by atoms with Crippen LogP contribution in [0.1, 0.15) is 45.2 Å². The maximum absolute atomic E-state index is 10.9. The Kier molecular flexibility index (Phi) is 5.16. The third-order valence-electron chi connectivity index (χ3n) is 2.71. The Labute approximate surface area is 103 Å². The lowest BCUT2D eigenvalue weighted by Crippen LogP contribution is -2.11. The van der Waals surface area contributed by atoms with Crippen LogP contribution in [0.2, 0.25) is 0 Å². The molecule has 0 bridgehead atoms. The summed E-state index contributed by atoms with van der Waals surface area (Å²) in [6.45, 7) is 5.90. The molecule has 17 heavy (non-hydrogen) atoms. The molecule has 0 saturated heterocycles. The van der Waals surface area contributed by atoms with Gasteiger partial charge < -0.3 is 11.1 Å². The summed E-state index contributed by atoms with van der Waals surface area (Å²) in [6.07, 6.45) is 2.13. The Balaban J connectivity index is 2.57. The van der Waals surface area contributed by atoms with Gasteiger partial charge in [-0.15, -0.1) is 0 Å². The van der Waals surface area contributed by atoms with Crippen molar-refractivity contribution in [2.45, 2.75) is 39.7 Å². The van der Waals surface area contributed by atoms with Crippen LogP contribution in [0.15, 0.2) is 24.3 Å². The molecule has 0 heterocycles. The molecule has 0 unspecified atom stereocenters. The standard InChI is InChI=1S/C14H22N2O/c1-10(2)4-9-14(15)12-5-7-13(8-6-12)16-11(3)17/h5-8,10,14H,4,9,15H2,1-3H3,(H,16,17)/t14-/m1/s1. The first-order valence-electron chi connectivity index (χ1n) is 6.12. The molecule has 94 valence electrons. The van der Waals surface area contributed by atoms with Crippen LogP contribution in [-0.2, 0) is 4.79 Å². The largest absolute Gasteiger partial charge is 0.326 e. The van der Waals surface area contributed by atoms with Gasteiger partial charge in [0, 0.05) is 18.7 Å². The Bertz CT molecular complexity index is 357. The fourth-order valence-corrected chi connectivity index (χ4v) is 1.70. The summed E-state index contributed by atoms with van der Waals surface area (Å²) >= 11 is 0. The third kappa shape index (κ3) is 5.00. The molecule has 1 atom stereocenters. The third-order valence-corrected chi connectivity index (χ3v) is 2.71. The second-order valence-electron chi connectivity index (χ2n) is 4.88. The van der Waals surface area contributed by atoms with E-state index >= 15 is 0 Å². The maximum Gasteiger partial charge on any atom is 0.221 e. The molecule has 0 aliphatic carbocycles. The van der Waals surface area contributed by atoms with Crippen molar-refractivity contribution in [2.24, 2.45) is 11.7 Å². The highest BCUT2D eigenvalue weighted by atomic mass is 16.1. The number of rotatable bonds is 5. The summed E-state index contributed by atoms with van der Waals surface area (Å²) < 4.78 is 0. The van der Waals surface area contributed by atoms with Crippen molar-refractivity contribution in [2.75, 3.05) is 5.32 Å². The van der Waals surface area contributed by atoms with E-state index in [0.717, 1.165) is 24.1 Å². The van der Waals surface area contributed by atoms with E-state index in [1.807, 2.05) is 24.3 Å². The highest BCUT2D eigenvalue weighted by molar-refractivity contribution is 5.88. The zero-order valence-corrected chi connectivity index (χ0v) is 10.9. The zero-order chi connectivity index (χ0) is 12.8. The molecule has 3 nitrogen and oxygen atoms in total. The van der Waals surface area contributed by atoms with E-state index in [9.17, 15) is 4.79 Å². The average Bonchev–Trinajstić information content (AvgIpc) is 2.26. The molecule has 3 N–H and O–H groups in total. The number of nitrogens with two attached hydrogens (primary N) is 1. The molecule has 0 fully saturated rings. The Morgan fingerprint density at radius 1 is 1.24 bits per heavy atom. The molecule has 0 aliphatic rings. The summed E-state index contributed by atoms with van der Waals surface area (Å²) in [4.78, 5) is 10.9. The molecule has 0 aromatic heterocycles. The van der Waals surface area contributed by atoms with Gasteiger partial charge in [-0.2, -0.15) is 0 Å². The summed E-state index contributed by atoms with van der Waals surface area (Å²) in [5, 5.41) is 2.74. The minimum atomic E-state index is -0.0538. The molecule has 0 radical (unpaired) electrons. The highest BCUT2D eigenvalue weighted by Crippen LogP contribution is 2.20. The van der Waals surface area contributed by atoms with Crippen LogP contribution < -0.4 is 11.1 Å². The van der Waals surface area contributed by atoms with Crippen LogP contribution in [0.5, 0.6) is 0 Å². The summed E-state index contributed by atoms with van der Waals surface area (Å²) in [7, 11) is 0. The molecule has 1 rings (SSSR count). The first kappa shape index (κ1) is 13.7. The van der Waals surface area contributed by atoms with Gasteiger partial charge in [-0.3, -0.25) is 4.79 Å². The molecule has 3 heteroatoms. The van der Waals surface area contributed by atoms with Crippen molar-refractivity contribution >= 4 is 11.6 Å². The lowest BCUT2D eigenvalue weighted by atomic mass is 9.98. The fourth-order valence-electron chi connectivity index (χ4n) is 1.70. The van der Waals surface area contributed by atoms with Gasteiger partial charge in [0.1, 0.15) is 0 Å². The highest BCUT2D eigenvalue weighted by Gasteiger charge is 2.07. The van der Waals surface area contributed by atoms with E-state index in [0.29, 0.717) is 5.92 Å². The quantitative estimate of drug-likeness (QED) is 0.822. The zero-order valence-electron chi connectivity index (χ0n) is 10.9. The van der Waals surface area contributed by atoms with E-state index in [1.165, 1.54) is 6.92 Å². The normalized spacial score (nSPS) is 12.5. The second-order valence-corrected chi connectivity index (χ2v) is 4.88. The van der Waals surface area contributed by atoms with Gasteiger partial charge in [0.15, 0.2) is 0 Å². The number of hydrogen-bond donors (Lipinski definition) is 2.